The number of likely N-dealkylation sites (N-methyl/N-ethyl adjacent to an activating group) is 1. The summed E-state index contributed by atoms with van der Waals surface area (Å²) in [5.41, 5.74) is 0.666. The molecule has 1 aliphatic heterocycles. The minimum Gasteiger partial charge on any atom is -0.495 e. The Bertz CT molecular complexity index is 815. The van der Waals surface area contributed by atoms with Crippen molar-refractivity contribution in [3.05, 3.63) is 36.7 Å². The van der Waals surface area contributed by atoms with Gasteiger partial charge < -0.3 is 9.47 Å². The Morgan fingerprint density at radius 2 is 2.23 bits per heavy atom. The van der Waals surface area contributed by atoms with E-state index >= 15 is 0 Å². The molecule has 1 fully saturated rings. The monoisotopic (exact) mass is 379 g/mol. The maximum atomic E-state index is 13.3. The van der Waals surface area contributed by atoms with Gasteiger partial charge in [-0.25, -0.2) is 13.1 Å². The first-order valence-electron chi connectivity index (χ1n) is 8.86. The van der Waals surface area contributed by atoms with Crippen molar-refractivity contribution in [1.29, 1.82) is 0 Å². The molecule has 0 amide bonds. The lowest BCUT2D eigenvalue weighted by molar-refractivity contribution is 0.00669. The van der Waals surface area contributed by atoms with Crippen molar-refractivity contribution >= 4 is 10.0 Å². The van der Waals surface area contributed by atoms with Crippen molar-refractivity contribution in [3.8, 4) is 11.4 Å². The summed E-state index contributed by atoms with van der Waals surface area (Å²) in [4.78, 5) is 0.144. The van der Waals surface area contributed by atoms with Crippen LogP contribution in [0.1, 0.15) is 26.2 Å². The Hall–Kier alpha value is -1.90. The lowest BCUT2D eigenvalue weighted by Crippen LogP contribution is -2.39. The maximum Gasteiger partial charge on any atom is 0.246 e. The third-order valence-electron chi connectivity index (χ3n) is 4.57. The summed E-state index contributed by atoms with van der Waals surface area (Å²) < 4.78 is 40.7. The van der Waals surface area contributed by atoms with Crippen LogP contribution in [0.3, 0.4) is 0 Å². The average Bonchev–Trinajstić information content (AvgIpc) is 3.21. The zero-order valence-electron chi connectivity index (χ0n) is 15.2. The number of aromatic nitrogens is 2. The SMILES string of the molecule is CCN(CC1CCCCO1)S(=O)(=O)c1cc(-n2cccn2)ccc1OC. The topological polar surface area (TPSA) is 73.7 Å². The number of nitrogens with zero attached hydrogens (tertiary/aromatic N) is 3. The van der Waals surface area contributed by atoms with Crippen LogP contribution in [0, 0.1) is 0 Å². The third-order valence-corrected chi connectivity index (χ3v) is 6.53. The fourth-order valence-electron chi connectivity index (χ4n) is 3.15. The smallest absolute Gasteiger partial charge is 0.246 e. The summed E-state index contributed by atoms with van der Waals surface area (Å²) in [6.45, 7) is 3.26. The van der Waals surface area contributed by atoms with Crippen LogP contribution < -0.4 is 4.74 Å². The van der Waals surface area contributed by atoms with Gasteiger partial charge in [-0.15, -0.1) is 0 Å². The Balaban J connectivity index is 1.94. The third kappa shape index (κ3) is 3.92. The van der Waals surface area contributed by atoms with E-state index in [2.05, 4.69) is 5.10 Å². The van der Waals surface area contributed by atoms with E-state index in [-0.39, 0.29) is 11.0 Å². The first-order chi connectivity index (χ1) is 12.6. The number of hydrogen-bond donors (Lipinski definition) is 0. The zero-order chi connectivity index (χ0) is 18.6. The van der Waals surface area contributed by atoms with Gasteiger partial charge in [-0.05, 0) is 43.5 Å². The van der Waals surface area contributed by atoms with Crippen LogP contribution in [-0.2, 0) is 14.8 Å². The molecular formula is C18H25N3O4S. The van der Waals surface area contributed by atoms with Crippen LogP contribution in [0.4, 0.5) is 0 Å². The standard InChI is InChI=1S/C18H25N3O4S/c1-3-20(14-16-7-4-5-12-25-16)26(22,23)18-13-15(8-9-17(18)24-2)21-11-6-10-19-21/h6,8-11,13,16H,3-5,7,12,14H2,1-2H3. The number of rotatable bonds is 7. The molecule has 0 saturated carbocycles. The van der Waals surface area contributed by atoms with Crippen LogP contribution in [0.15, 0.2) is 41.6 Å². The van der Waals surface area contributed by atoms with Gasteiger partial charge in [-0.1, -0.05) is 6.92 Å². The van der Waals surface area contributed by atoms with Crippen LogP contribution in [0.2, 0.25) is 0 Å². The second-order valence-electron chi connectivity index (χ2n) is 6.23. The lowest BCUT2D eigenvalue weighted by Gasteiger charge is -2.29. The molecule has 1 saturated heterocycles. The molecule has 2 heterocycles. The minimum atomic E-state index is -3.72. The highest BCUT2D eigenvalue weighted by Crippen LogP contribution is 2.29. The molecule has 7 nitrogen and oxygen atoms in total. The molecular weight excluding hydrogens is 354 g/mol. The molecule has 0 bridgehead atoms. The molecule has 0 N–H and O–H groups in total. The minimum absolute atomic E-state index is 0.0567. The zero-order valence-corrected chi connectivity index (χ0v) is 16.0. The summed E-state index contributed by atoms with van der Waals surface area (Å²) in [5, 5.41) is 4.17. The van der Waals surface area contributed by atoms with Gasteiger partial charge in [-0.2, -0.15) is 9.40 Å². The highest BCUT2D eigenvalue weighted by molar-refractivity contribution is 7.89. The van der Waals surface area contributed by atoms with E-state index in [1.165, 1.54) is 11.4 Å². The second kappa shape index (κ2) is 8.20. The predicted molar refractivity (Wildman–Crippen MR) is 98.1 cm³/mol. The van der Waals surface area contributed by atoms with Crippen LogP contribution in [-0.4, -0.2) is 55.4 Å². The average molecular weight is 379 g/mol. The van der Waals surface area contributed by atoms with Gasteiger partial charge in [0.2, 0.25) is 10.0 Å². The van der Waals surface area contributed by atoms with Crippen LogP contribution in [0.25, 0.3) is 5.69 Å². The molecule has 0 radical (unpaired) electrons. The number of hydrogen-bond acceptors (Lipinski definition) is 5. The molecule has 1 atom stereocenters. The molecule has 2 aromatic rings. The molecule has 1 aromatic carbocycles. The molecule has 0 spiro atoms. The summed E-state index contributed by atoms with van der Waals surface area (Å²) in [5.74, 6) is 0.323. The van der Waals surface area contributed by atoms with Gasteiger partial charge in [0.05, 0.1) is 18.9 Å². The normalized spacial score (nSPS) is 18.2. The van der Waals surface area contributed by atoms with Gasteiger partial charge in [0.25, 0.3) is 0 Å². The van der Waals surface area contributed by atoms with Crippen molar-refractivity contribution in [2.75, 3.05) is 26.8 Å². The summed E-state index contributed by atoms with van der Waals surface area (Å²) in [7, 11) is -2.24. The summed E-state index contributed by atoms with van der Waals surface area (Å²) in [6, 6.07) is 6.84. The fraction of sp³-hybridized carbons (Fsp3) is 0.500. The Morgan fingerprint density at radius 1 is 1.38 bits per heavy atom. The van der Waals surface area contributed by atoms with Crippen molar-refractivity contribution in [2.45, 2.75) is 37.2 Å². The lowest BCUT2D eigenvalue weighted by atomic mass is 10.1. The number of sulfonamides is 1. The summed E-state index contributed by atoms with van der Waals surface area (Å²) >= 11 is 0. The molecule has 8 heteroatoms. The maximum absolute atomic E-state index is 13.3. The molecule has 3 rings (SSSR count). The predicted octanol–water partition coefficient (Wildman–Crippen LogP) is 2.46. The highest BCUT2D eigenvalue weighted by atomic mass is 32.2. The Morgan fingerprint density at radius 3 is 2.85 bits per heavy atom. The van der Waals surface area contributed by atoms with Gasteiger partial charge in [0.15, 0.2) is 0 Å². The van der Waals surface area contributed by atoms with Crippen LogP contribution >= 0.6 is 0 Å². The van der Waals surface area contributed by atoms with Gasteiger partial charge in [0, 0.05) is 32.1 Å². The van der Waals surface area contributed by atoms with Crippen molar-refractivity contribution in [1.82, 2.24) is 14.1 Å². The van der Waals surface area contributed by atoms with E-state index in [1.807, 2.05) is 6.92 Å². The molecule has 142 valence electrons. The Labute approximate surface area is 154 Å². The molecule has 26 heavy (non-hydrogen) atoms. The van der Waals surface area contributed by atoms with E-state index < -0.39 is 10.0 Å². The van der Waals surface area contributed by atoms with Crippen molar-refractivity contribution in [2.24, 2.45) is 0 Å². The second-order valence-corrected chi connectivity index (χ2v) is 8.14. The first kappa shape index (κ1) is 18.9. The summed E-state index contributed by atoms with van der Waals surface area (Å²) in [6.07, 6.45) is 6.35. The Kier molecular flexibility index (Phi) is 5.95. The number of methoxy groups -OCH3 is 1. The largest absolute Gasteiger partial charge is 0.495 e. The molecule has 1 aromatic heterocycles. The number of benzene rings is 1. The van der Waals surface area contributed by atoms with Gasteiger partial charge >= 0.3 is 0 Å². The van der Waals surface area contributed by atoms with E-state index in [0.29, 0.717) is 31.1 Å². The highest BCUT2D eigenvalue weighted by Gasteiger charge is 2.30. The molecule has 1 unspecified atom stereocenters. The fourth-order valence-corrected chi connectivity index (χ4v) is 4.80. The van der Waals surface area contributed by atoms with E-state index in [0.717, 1.165) is 19.3 Å². The first-order valence-corrected chi connectivity index (χ1v) is 10.3. The van der Waals surface area contributed by atoms with Crippen molar-refractivity contribution < 1.29 is 17.9 Å². The van der Waals surface area contributed by atoms with E-state index in [4.69, 9.17) is 9.47 Å². The van der Waals surface area contributed by atoms with Crippen molar-refractivity contribution in [3.63, 3.8) is 0 Å². The quantitative estimate of drug-likeness (QED) is 0.739. The van der Waals surface area contributed by atoms with E-state index in [1.54, 1.807) is 41.3 Å². The molecule has 0 aliphatic carbocycles. The molecule has 1 aliphatic rings. The van der Waals surface area contributed by atoms with Gasteiger partial charge in [-0.3, -0.25) is 0 Å². The van der Waals surface area contributed by atoms with Crippen LogP contribution in [0.5, 0.6) is 5.75 Å². The number of ether oxygens (including phenoxy) is 2. The van der Waals surface area contributed by atoms with Gasteiger partial charge in [0.1, 0.15) is 10.6 Å². The van der Waals surface area contributed by atoms with E-state index in [9.17, 15) is 8.42 Å².